The highest BCUT2D eigenvalue weighted by molar-refractivity contribution is 7.26. The third-order valence-electron chi connectivity index (χ3n) is 13.1. The van der Waals surface area contributed by atoms with Crippen molar-refractivity contribution in [2.45, 2.75) is 0 Å². The predicted molar refractivity (Wildman–Crippen MR) is 285 cm³/mol. The first-order chi connectivity index (χ1) is 33.7. The molecule has 0 aliphatic heterocycles. The summed E-state index contributed by atoms with van der Waals surface area (Å²) in [5.41, 5.74) is 15.3. The summed E-state index contributed by atoms with van der Waals surface area (Å²) in [5, 5.41) is 4.92. The minimum Gasteiger partial charge on any atom is -0.308 e. The zero-order valence-electron chi connectivity index (χ0n) is 36.8. The summed E-state index contributed by atoms with van der Waals surface area (Å²) in [5.74, 6) is 1.85. The molecular weight excluding hydrogens is 845 g/mol. The molecule has 0 aliphatic rings. The molecule has 0 N–H and O–H groups in total. The fraction of sp³-hybridized carbons (Fsp3) is 0. The van der Waals surface area contributed by atoms with Crippen LogP contribution in [0.3, 0.4) is 0 Å². The van der Waals surface area contributed by atoms with Gasteiger partial charge in [0.25, 0.3) is 0 Å². The van der Waals surface area contributed by atoms with Crippen LogP contribution in [0.25, 0.3) is 126 Å². The first-order valence-electron chi connectivity index (χ1n) is 22.9. The molecule has 0 saturated carbocycles. The SMILES string of the molecule is c1ccc(-c2nc(-c3ccccc3)nc(-c3cc(-c4c(-c5ccccc5)cccc4-c4ccccc4)ccc3-c3cccc4sc5c(ccc6c7ccccc7n(-c7ccccc7)c65)c34)n2)cc1. The molecule has 318 valence electrons. The number of para-hydroxylation sites is 2. The summed E-state index contributed by atoms with van der Waals surface area (Å²) < 4.78 is 4.92. The number of thiophene rings is 1. The van der Waals surface area contributed by atoms with Gasteiger partial charge in [-0.25, -0.2) is 15.0 Å². The van der Waals surface area contributed by atoms with Crippen LogP contribution in [-0.4, -0.2) is 19.5 Å². The second-order valence-corrected chi connectivity index (χ2v) is 18.1. The lowest BCUT2D eigenvalue weighted by Gasteiger charge is -2.19. The van der Waals surface area contributed by atoms with E-state index in [0.717, 1.165) is 66.9 Å². The van der Waals surface area contributed by atoms with Crippen LogP contribution in [0.15, 0.2) is 243 Å². The Morgan fingerprint density at radius 1 is 0.324 bits per heavy atom. The van der Waals surface area contributed by atoms with Crippen LogP contribution in [0.4, 0.5) is 0 Å². The summed E-state index contributed by atoms with van der Waals surface area (Å²) in [6.45, 7) is 0. The highest BCUT2D eigenvalue weighted by atomic mass is 32.1. The predicted octanol–water partition coefficient (Wildman–Crippen LogP) is 17.0. The highest BCUT2D eigenvalue weighted by Gasteiger charge is 2.24. The van der Waals surface area contributed by atoms with Gasteiger partial charge in [-0.2, -0.15) is 0 Å². The van der Waals surface area contributed by atoms with Crippen LogP contribution in [0.1, 0.15) is 0 Å². The molecule has 10 aromatic carbocycles. The molecule has 4 nitrogen and oxygen atoms in total. The summed E-state index contributed by atoms with van der Waals surface area (Å²) in [6, 6.07) is 86.4. The van der Waals surface area contributed by atoms with Gasteiger partial charge in [-0.1, -0.05) is 212 Å². The van der Waals surface area contributed by atoms with E-state index in [-0.39, 0.29) is 0 Å². The van der Waals surface area contributed by atoms with E-state index in [0.29, 0.717) is 17.5 Å². The maximum Gasteiger partial charge on any atom is 0.164 e. The van der Waals surface area contributed by atoms with Gasteiger partial charge in [0.05, 0.1) is 15.7 Å². The van der Waals surface area contributed by atoms with Gasteiger partial charge < -0.3 is 4.57 Å². The van der Waals surface area contributed by atoms with Crippen LogP contribution in [0.5, 0.6) is 0 Å². The van der Waals surface area contributed by atoms with Gasteiger partial charge in [-0.15, -0.1) is 11.3 Å². The summed E-state index contributed by atoms with van der Waals surface area (Å²) in [6.07, 6.45) is 0. The van der Waals surface area contributed by atoms with E-state index in [1.165, 1.54) is 42.0 Å². The molecule has 0 atom stereocenters. The van der Waals surface area contributed by atoms with E-state index in [1.54, 1.807) is 0 Å². The second-order valence-electron chi connectivity index (χ2n) is 17.1. The van der Waals surface area contributed by atoms with Crippen LogP contribution in [-0.2, 0) is 0 Å². The molecule has 5 heteroatoms. The van der Waals surface area contributed by atoms with E-state index in [9.17, 15) is 0 Å². The number of rotatable bonds is 8. The van der Waals surface area contributed by atoms with Crippen LogP contribution < -0.4 is 0 Å². The topological polar surface area (TPSA) is 43.6 Å². The molecule has 0 saturated heterocycles. The zero-order chi connectivity index (χ0) is 45.0. The number of benzene rings is 10. The van der Waals surface area contributed by atoms with Crippen LogP contribution in [0.2, 0.25) is 0 Å². The van der Waals surface area contributed by atoms with Gasteiger partial charge in [-0.3, -0.25) is 0 Å². The van der Waals surface area contributed by atoms with Gasteiger partial charge >= 0.3 is 0 Å². The summed E-state index contributed by atoms with van der Waals surface area (Å²) in [4.78, 5) is 15.9. The van der Waals surface area contributed by atoms with Crippen molar-refractivity contribution in [3.8, 4) is 84.4 Å². The smallest absolute Gasteiger partial charge is 0.164 e. The van der Waals surface area contributed by atoms with Crippen molar-refractivity contribution in [2.24, 2.45) is 0 Å². The Bertz CT molecular complexity index is 3880. The summed E-state index contributed by atoms with van der Waals surface area (Å²) in [7, 11) is 0. The molecule has 0 unspecified atom stereocenters. The lowest BCUT2D eigenvalue weighted by Crippen LogP contribution is -2.01. The van der Waals surface area contributed by atoms with Gasteiger partial charge in [0.1, 0.15) is 0 Å². The molecule has 13 rings (SSSR count). The van der Waals surface area contributed by atoms with E-state index in [4.69, 9.17) is 15.0 Å². The molecule has 68 heavy (non-hydrogen) atoms. The van der Waals surface area contributed by atoms with E-state index < -0.39 is 0 Å². The Labute approximate surface area is 397 Å². The van der Waals surface area contributed by atoms with E-state index in [1.807, 2.05) is 47.7 Å². The fourth-order valence-electron chi connectivity index (χ4n) is 10.0. The lowest BCUT2D eigenvalue weighted by atomic mass is 9.85. The average Bonchev–Trinajstić information content (AvgIpc) is 3.98. The van der Waals surface area contributed by atoms with Crippen molar-refractivity contribution in [1.29, 1.82) is 0 Å². The molecular formula is C63H40N4S. The number of nitrogens with zero attached hydrogens (tertiary/aromatic N) is 4. The molecule has 0 aliphatic carbocycles. The maximum absolute atomic E-state index is 5.40. The Hall–Kier alpha value is -8.77. The van der Waals surface area contributed by atoms with Crippen molar-refractivity contribution in [2.75, 3.05) is 0 Å². The molecule has 0 fully saturated rings. The van der Waals surface area contributed by atoms with E-state index >= 15 is 0 Å². The monoisotopic (exact) mass is 884 g/mol. The number of hydrogen-bond acceptors (Lipinski definition) is 4. The van der Waals surface area contributed by atoms with Crippen molar-refractivity contribution < 1.29 is 0 Å². The lowest BCUT2D eigenvalue weighted by molar-refractivity contribution is 1.07. The maximum atomic E-state index is 5.40. The van der Waals surface area contributed by atoms with Gasteiger partial charge in [0.2, 0.25) is 0 Å². The minimum atomic E-state index is 0.608. The van der Waals surface area contributed by atoms with Crippen molar-refractivity contribution in [3.05, 3.63) is 243 Å². The minimum absolute atomic E-state index is 0.608. The Morgan fingerprint density at radius 2 is 0.838 bits per heavy atom. The molecule has 3 aromatic heterocycles. The van der Waals surface area contributed by atoms with E-state index in [2.05, 4.69) is 211 Å². The average molecular weight is 885 g/mol. The Morgan fingerprint density at radius 3 is 1.47 bits per heavy atom. The molecule has 0 radical (unpaired) electrons. The molecule has 0 spiro atoms. The zero-order valence-corrected chi connectivity index (χ0v) is 37.6. The third-order valence-corrected chi connectivity index (χ3v) is 14.3. The van der Waals surface area contributed by atoms with Crippen molar-refractivity contribution >= 4 is 53.3 Å². The van der Waals surface area contributed by atoms with Gasteiger partial charge in [-0.05, 0) is 74.8 Å². The Kier molecular flexibility index (Phi) is 9.66. The standard InChI is InChI=1S/C63H40N4S/c1-6-20-41(21-7-1)47-31-18-32-48(42-22-8-2-9-23-42)57(47)45-36-37-49(54(40-45)63-65-61(43-24-10-3-11-25-43)64-62(66-63)44-26-12-4-13-27-44)51-33-19-35-56-58(51)53-39-38-52-50-30-16-17-34-55(50)67(59(52)60(53)68-56)46-28-14-5-15-29-46/h1-40H. The first kappa shape index (κ1) is 39.6. The number of fused-ring (bicyclic) bond motifs is 7. The van der Waals surface area contributed by atoms with Crippen molar-refractivity contribution in [3.63, 3.8) is 0 Å². The number of aromatic nitrogens is 4. The third kappa shape index (κ3) is 6.71. The Balaban J connectivity index is 1.12. The normalized spacial score (nSPS) is 11.5. The second kappa shape index (κ2) is 16.6. The molecule has 13 aromatic rings. The number of hydrogen-bond donors (Lipinski definition) is 0. The summed E-state index contributed by atoms with van der Waals surface area (Å²) >= 11 is 1.86. The molecule has 3 heterocycles. The first-order valence-corrected chi connectivity index (χ1v) is 23.8. The molecule has 0 bridgehead atoms. The fourth-order valence-corrected chi connectivity index (χ4v) is 11.3. The molecule has 0 amide bonds. The van der Waals surface area contributed by atoms with Crippen LogP contribution >= 0.6 is 11.3 Å². The largest absolute Gasteiger partial charge is 0.308 e. The van der Waals surface area contributed by atoms with Crippen molar-refractivity contribution in [1.82, 2.24) is 19.5 Å². The van der Waals surface area contributed by atoms with Gasteiger partial charge in [0, 0.05) is 48.6 Å². The quantitative estimate of drug-likeness (QED) is 0.153. The highest BCUT2D eigenvalue weighted by Crippen LogP contribution is 2.49. The van der Waals surface area contributed by atoms with Crippen LogP contribution in [0, 0.1) is 0 Å². The van der Waals surface area contributed by atoms with Gasteiger partial charge in [0.15, 0.2) is 17.5 Å².